The van der Waals surface area contributed by atoms with Crippen LogP contribution in [0.4, 0.5) is 0 Å². The summed E-state index contributed by atoms with van der Waals surface area (Å²) in [6.45, 7) is 2.64. The molecule has 1 saturated carbocycles. The number of aromatic amines is 1. The van der Waals surface area contributed by atoms with E-state index in [0.29, 0.717) is 25.7 Å². The van der Waals surface area contributed by atoms with Crippen LogP contribution in [0.15, 0.2) is 24.4 Å². The van der Waals surface area contributed by atoms with Crippen molar-refractivity contribution in [1.82, 2.24) is 15.1 Å². The molecule has 0 bridgehead atoms. The van der Waals surface area contributed by atoms with E-state index >= 15 is 0 Å². The predicted octanol–water partition coefficient (Wildman–Crippen LogP) is 1.87. The molecule has 124 valence electrons. The molecule has 24 heavy (non-hydrogen) atoms. The molecule has 2 aromatic rings. The summed E-state index contributed by atoms with van der Waals surface area (Å²) in [4.78, 5) is 14.8. The van der Waals surface area contributed by atoms with Gasteiger partial charge in [0.2, 0.25) is 5.91 Å². The highest BCUT2D eigenvalue weighted by Crippen LogP contribution is 2.50. The summed E-state index contributed by atoms with van der Waals surface area (Å²) in [5.41, 5.74) is 3.49. The Bertz CT molecular complexity index is 801. The highest BCUT2D eigenvalue weighted by molar-refractivity contribution is 5.83. The van der Waals surface area contributed by atoms with Crippen LogP contribution in [0.25, 0.3) is 0 Å². The normalized spacial score (nSPS) is 24.4. The van der Waals surface area contributed by atoms with Gasteiger partial charge in [-0.15, -0.1) is 0 Å². The molecule has 6 nitrogen and oxygen atoms in total. The first-order chi connectivity index (χ1) is 11.8. The lowest BCUT2D eigenvalue weighted by Gasteiger charge is -2.26. The van der Waals surface area contributed by atoms with Gasteiger partial charge >= 0.3 is 0 Å². The van der Waals surface area contributed by atoms with Crippen LogP contribution in [0.1, 0.15) is 29.2 Å². The highest BCUT2D eigenvalue weighted by Gasteiger charge is 2.46. The van der Waals surface area contributed by atoms with Crippen molar-refractivity contribution < 1.29 is 14.3 Å². The van der Waals surface area contributed by atoms with Crippen molar-refractivity contribution >= 4 is 5.91 Å². The monoisotopic (exact) mass is 325 g/mol. The van der Waals surface area contributed by atoms with Crippen molar-refractivity contribution in [3.8, 4) is 11.5 Å². The first-order valence-electron chi connectivity index (χ1n) is 8.49. The standard InChI is InChI=1S/C18H19N3O3/c22-18(21-4-3-15-12(10-21)9-19-20-15)14-8-13(14)11-1-2-16-17(7-11)24-6-5-23-16/h1-2,7,9,13-14H,3-6,8,10H2,(H,19,20)/t13-,14+/m1/s1. The van der Waals surface area contributed by atoms with Gasteiger partial charge in [-0.1, -0.05) is 6.07 Å². The van der Waals surface area contributed by atoms with E-state index in [2.05, 4.69) is 16.3 Å². The molecule has 1 aromatic heterocycles. The lowest BCUT2D eigenvalue weighted by atomic mass is 10.1. The van der Waals surface area contributed by atoms with Crippen LogP contribution in [-0.2, 0) is 17.8 Å². The Labute approximate surface area is 139 Å². The second-order valence-electron chi connectivity index (χ2n) is 6.74. The van der Waals surface area contributed by atoms with Gasteiger partial charge in [0.05, 0.1) is 6.20 Å². The zero-order chi connectivity index (χ0) is 16.1. The van der Waals surface area contributed by atoms with E-state index in [1.54, 1.807) is 0 Å². The quantitative estimate of drug-likeness (QED) is 0.915. The number of H-pyrrole nitrogens is 1. The number of nitrogens with zero attached hydrogens (tertiary/aromatic N) is 2. The number of rotatable bonds is 2. The fraction of sp³-hybridized carbons (Fsp3) is 0.444. The summed E-state index contributed by atoms with van der Waals surface area (Å²) >= 11 is 0. The summed E-state index contributed by atoms with van der Waals surface area (Å²) in [5, 5.41) is 7.08. The van der Waals surface area contributed by atoms with Gasteiger partial charge in [-0.2, -0.15) is 5.10 Å². The summed E-state index contributed by atoms with van der Waals surface area (Å²) in [6, 6.07) is 6.06. The molecule has 0 unspecified atom stereocenters. The van der Waals surface area contributed by atoms with Crippen molar-refractivity contribution in [3.05, 3.63) is 41.2 Å². The molecule has 0 spiro atoms. The van der Waals surface area contributed by atoms with Gasteiger partial charge in [-0.05, 0) is 30.0 Å². The van der Waals surface area contributed by atoms with E-state index in [9.17, 15) is 4.79 Å². The molecule has 1 amide bonds. The Balaban J connectivity index is 1.29. The van der Waals surface area contributed by atoms with Crippen LogP contribution in [0.3, 0.4) is 0 Å². The van der Waals surface area contributed by atoms with E-state index in [0.717, 1.165) is 36.4 Å². The van der Waals surface area contributed by atoms with Crippen molar-refractivity contribution in [2.75, 3.05) is 19.8 Å². The smallest absolute Gasteiger partial charge is 0.226 e. The second kappa shape index (κ2) is 5.26. The highest BCUT2D eigenvalue weighted by atomic mass is 16.6. The molecule has 3 aliphatic rings. The molecule has 2 atom stereocenters. The molecule has 0 radical (unpaired) electrons. The molecule has 1 aromatic carbocycles. The Hall–Kier alpha value is -2.50. The molecule has 2 aliphatic heterocycles. The molecule has 6 heteroatoms. The fourth-order valence-electron chi connectivity index (χ4n) is 3.77. The van der Waals surface area contributed by atoms with Crippen LogP contribution in [0.5, 0.6) is 11.5 Å². The Morgan fingerprint density at radius 1 is 1.25 bits per heavy atom. The van der Waals surface area contributed by atoms with E-state index in [1.165, 1.54) is 11.3 Å². The minimum absolute atomic E-state index is 0.0982. The Morgan fingerprint density at radius 3 is 3.04 bits per heavy atom. The summed E-state index contributed by atoms with van der Waals surface area (Å²) in [7, 11) is 0. The topological polar surface area (TPSA) is 67.5 Å². The number of nitrogens with one attached hydrogen (secondary N) is 1. The van der Waals surface area contributed by atoms with Gasteiger partial charge in [0.25, 0.3) is 0 Å². The fourth-order valence-corrected chi connectivity index (χ4v) is 3.77. The van der Waals surface area contributed by atoms with Gasteiger partial charge in [0.1, 0.15) is 13.2 Å². The van der Waals surface area contributed by atoms with Crippen molar-refractivity contribution in [2.24, 2.45) is 5.92 Å². The average molecular weight is 325 g/mol. The molecule has 1 fully saturated rings. The maximum atomic E-state index is 12.8. The lowest BCUT2D eigenvalue weighted by Crippen LogP contribution is -2.36. The number of amides is 1. The number of aromatic nitrogens is 2. The number of hydrogen-bond acceptors (Lipinski definition) is 4. The Morgan fingerprint density at radius 2 is 2.12 bits per heavy atom. The van der Waals surface area contributed by atoms with Gasteiger partial charge in [0, 0.05) is 36.7 Å². The van der Waals surface area contributed by atoms with E-state index in [4.69, 9.17) is 9.47 Å². The molecule has 1 N–H and O–H groups in total. The third-order valence-corrected chi connectivity index (χ3v) is 5.21. The first-order valence-corrected chi connectivity index (χ1v) is 8.49. The Kier molecular flexibility index (Phi) is 3.04. The molecule has 3 heterocycles. The van der Waals surface area contributed by atoms with Gasteiger partial charge < -0.3 is 14.4 Å². The largest absolute Gasteiger partial charge is 0.486 e. The predicted molar refractivity (Wildman–Crippen MR) is 86.0 cm³/mol. The number of benzene rings is 1. The van der Waals surface area contributed by atoms with Crippen LogP contribution in [0, 0.1) is 5.92 Å². The van der Waals surface area contributed by atoms with E-state index in [-0.39, 0.29) is 11.8 Å². The van der Waals surface area contributed by atoms with Gasteiger partial charge in [-0.25, -0.2) is 0 Å². The number of ether oxygens (including phenoxy) is 2. The zero-order valence-corrected chi connectivity index (χ0v) is 13.3. The van der Waals surface area contributed by atoms with Crippen LogP contribution < -0.4 is 9.47 Å². The minimum Gasteiger partial charge on any atom is -0.486 e. The first kappa shape index (κ1) is 13.9. The summed E-state index contributed by atoms with van der Waals surface area (Å²) in [5.74, 6) is 2.27. The average Bonchev–Trinajstić information content (AvgIpc) is 3.29. The molecule has 5 rings (SSSR count). The van der Waals surface area contributed by atoms with Crippen LogP contribution in [0.2, 0.25) is 0 Å². The third-order valence-electron chi connectivity index (χ3n) is 5.21. The molecule has 1 aliphatic carbocycles. The lowest BCUT2D eigenvalue weighted by molar-refractivity contribution is -0.133. The summed E-state index contributed by atoms with van der Waals surface area (Å²) in [6.07, 6.45) is 3.62. The summed E-state index contributed by atoms with van der Waals surface area (Å²) < 4.78 is 11.2. The molecular weight excluding hydrogens is 306 g/mol. The van der Waals surface area contributed by atoms with Crippen LogP contribution >= 0.6 is 0 Å². The van der Waals surface area contributed by atoms with Crippen molar-refractivity contribution in [1.29, 1.82) is 0 Å². The van der Waals surface area contributed by atoms with Crippen molar-refractivity contribution in [3.63, 3.8) is 0 Å². The van der Waals surface area contributed by atoms with Gasteiger partial charge in [-0.3, -0.25) is 9.89 Å². The van der Waals surface area contributed by atoms with Gasteiger partial charge in [0.15, 0.2) is 11.5 Å². The number of carbonyl (C=O) groups excluding carboxylic acids is 1. The second-order valence-corrected chi connectivity index (χ2v) is 6.74. The number of carbonyl (C=O) groups is 1. The van der Waals surface area contributed by atoms with E-state index < -0.39 is 0 Å². The minimum atomic E-state index is 0.0982. The third kappa shape index (κ3) is 2.25. The maximum absolute atomic E-state index is 12.8. The number of hydrogen-bond donors (Lipinski definition) is 1. The zero-order valence-electron chi connectivity index (χ0n) is 13.3. The molecular formula is C18H19N3O3. The van der Waals surface area contributed by atoms with Crippen LogP contribution in [-0.4, -0.2) is 40.8 Å². The van der Waals surface area contributed by atoms with Crippen molar-refractivity contribution in [2.45, 2.75) is 25.3 Å². The molecule has 0 saturated heterocycles. The maximum Gasteiger partial charge on any atom is 0.226 e. The van der Waals surface area contributed by atoms with E-state index in [1.807, 2.05) is 23.2 Å². The SMILES string of the molecule is O=C([C@H]1C[C@@H]1c1ccc2c(c1)OCCO2)N1CCc2[nH]ncc2C1. The number of fused-ring (bicyclic) bond motifs is 2.